The first-order valence-corrected chi connectivity index (χ1v) is 11.7. The molecule has 2 aliphatic rings. The van der Waals surface area contributed by atoms with Gasteiger partial charge in [0.25, 0.3) is 0 Å². The van der Waals surface area contributed by atoms with Crippen LogP contribution >= 0.6 is 0 Å². The van der Waals surface area contributed by atoms with Gasteiger partial charge in [0.1, 0.15) is 12.1 Å². The smallest absolute Gasteiger partial charge is 0.229 e. The molecule has 0 aliphatic carbocycles. The molecule has 6 rings (SSSR count). The van der Waals surface area contributed by atoms with Crippen LogP contribution in [-0.4, -0.2) is 82.0 Å². The van der Waals surface area contributed by atoms with E-state index < -0.39 is 0 Å². The molecule has 2 aliphatic heterocycles. The van der Waals surface area contributed by atoms with Crippen molar-refractivity contribution < 1.29 is 5.11 Å². The minimum Gasteiger partial charge on any atom is -0.508 e. The second kappa shape index (κ2) is 8.79. The number of rotatable bonds is 4. The molecule has 0 amide bonds. The Morgan fingerprint density at radius 3 is 2.18 bits per heavy atom. The zero-order chi connectivity index (χ0) is 22.9. The topological polar surface area (TPSA) is 98.5 Å². The maximum atomic E-state index is 9.59. The third kappa shape index (κ3) is 3.86. The van der Waals surface area contributed by atoms with E-state index in [4.69, 9.17) is 15.0 Å². The number of imidazole rings is 1. The standard InChI is InChI=1S/C24H27N9O/c34-20-3-1-18(2-4-20)30-13-15-32(16-14-30)24-28-22(31-11-9-26-10-12-31)21-23(29-24)33(17-27-21)19-5-7-25-8-6-19/h1-8,17,26,34H,9-16H2. The average Bonchev–Trinajstić information content (AvgIpc) is 3.34. The molecule has 0 spiro atoms. The predicted molar refractivity (Wildman–Crippen MR) is 132 cm³/mol. The lowest BCUT2D eigenvalue weighted by Crippen LogP contribution is -2.47. The van der Waals surface area contributed by atoms with Gasteiger partial charge in [-0.2, -0.15) is 9.97 Å². The number of nitrogens with one attached hydrogen (secondary N) is 1. The molecule has 10 nitrogen and oxygen atoms in total. The molecule has 174 valence electrons. The van der Waals surface area contributed by atoms with Crippen LogP contribution < -0.4 is 20.0 Å². The lowest BCUT2D eigenvalue weighted by molar-refractivity contribution is 0.475. The first kappa shape index (κ1) is 20.7. The predicted octanol–water partition coefficient (Wildman–Crippen LogP) is 1.65. The van der Waals surface area contributed by atoms with E-state index in [9.17, 15) is 5.11 Å². The van der Waals surface area contributed by atoms with Gasteiger partial charge in [0.15, 0.2) is 17.0 Å². The molecular weight excluding hydrogens is 430 g/mol. The van der Waals surface area contributed by atoms with Crippen molar-refractivity contribution in [2.45, 2.75) is 0 Å². The van der Waals surface area contributed by atoms with Crippen LogP contribution in [0.2, 0.25) is 0 Å². The van der Waals surface area contributed by atoms with Crippen LogP contribution in [0.15, 0.2) is 55.1 Å². The second-order valence-electron chi connectivity index (χ2n) is 8.57. The molecule has 2 fully saturated rings. The van der Waals surface area contributed by atoms with Crippen LogP contribution in [-0.2, 0) is 0 Å². The number of aromatic nitrogens is 5. The van der Waals surface area contributed by atoms with E-state index in [1.165, 1.54) is 0 Å². The van der Waals surface area contributed by atoms with Crippen molar-refractivity contribution in [3.63, 3.8) is 0 Å². The molecule has 2 saturated heterocycles. The zero-order valence-corrected chi connectivity index (χ0v) is 18.9. The summed E-state index contributed by atoms with van der Waals surface area (Å²) in [6, 6.07) is 11.3. The Morgan fingerprint density at radius 2 is 1.44 bits per heavy atom. The monoisotopic (exact) mass is 457 g/mol. The summed E-state index contributed by atoms with van der Waals surface area (Å²) in [4.78, 5) is 25.8. The highest BCUT2D eigenvalue weighted by Crippen LogP contribution is 2.29. The largest absolute Gasteiger partial charge is 0.508 e. The molecule has 34 heavy (non-hydrogen) atoms. The van der Waals surface area contributed by atoms with Crippen molar-refractivity contribution >= 4 is 28.6 Å². The lowest BCUT2D eigenvalue weighted by Gasteiger charge is -2.36. The molecule has 10 heteroatoms. The number of hydrogen-bond donors (Lipinski definition) is 2. The summed E-state index contributed by atoms with van der Waals surface area (Å²) in [7, 11) is 0. The Morgan fingerprint density at radius 1 is 0.735 bits per heavy atom. The van der Waals surface area contributed by atoms with E-state index in [1.807, 2.05) is 35.2 Å². The van der Waals surface area contributed by atoms with Crippen molar-refractivity contribution in [3.8, 4) is 11.4 Å². The van der Waals surface area contributed by atoms with Crippen molar-refractivity contribution in [1.29, 1.82) is 0 Å². The molecular formula is C24H27N9O. The van der Waals surface area contributed by atoms with E-state index in [1.54, 1.807) is 24.5 Å². The van der Waals surface area contributed by atoms with Gasteiger partial charge in [-0.1, -0.05) is 0 Å². The number of hydrogen-bond acceptors (Lipinski definition) is 9. The van der Waals surface area contributed by atoms with Gasteiger partial charge in [0.05, 0.1) is 5.69 Å². The van der Waals surface area contributed by atoms with Gasteiger partial charge in [0, 0.05) is 70.4 Å². The summed E-state index contributed by atoms with van der Waals surface area (Å²) in [6.07, 6.45) is 5.39. The number of piperazine rings is 2. The molecule has 0 bridgehead atoms. The van der Waals surface area contributed by atoms with Crippen molar-refractivity contribution in [1.82, 2.24) is 29.8 Å². The number of phenolic OH excluding ortho intramolecular Hbond substituents is 1. The molecule has 2 N–H and O–H groups in total. The Labute approximate surface area is 197 Å². The van der Waals surface area contributed by atoms with Crippen molar-refractivity contribution in [2.75, 3.05) is 67.1 Å². The number of pyridine rings is 1. The van der Waals surface area contributed by atoms with Crippen LogP contribution in [0, 0.1) is 0 Å². The number of nitrogens with zero attached hydrogens (tertiary/aromatic N) is 8. The van der Waals surface area contributed by atoms with Gasteiger partial charge in [-0.25, -0.2) is 4.98 Å². The molecule has 4 aromatic rings. The number of anilines is 3. The van der Waals surface area contributed by atoms with Gasteiger partial charge >= 0.3 is 0 Å². The average molecular weight is 458 g/mol. The van der Waals surface area contributed by atoms with E-state index in [0.29, 0.717) is 0 Å². The fraction of sp³-hybridized carbons (Fsp3) is 0.333. The van der Waals surface area contributed by atoms with Crippen LogP contribution in [0.5, 0.6) is 5.75 Å². The van der Waals surface area contributed by atoms with Crippen LogP contribution in [0.4, 0.5) is 17.5 Å². The van der Waals surface area contributed by atoms with E-state index in [2.05, 4.69) is 25.0 Å². The van der Waals surface area contributed by atoms with Gasteiger partial charge in [-0.15, -0.1) is 0 Å². The Balaban J connectivity index is 1.34. The van der Waals surface area contributed by atoms with Gasteiger partial charge in [-0.3, -0.25) is 9.55 Å². The first-order valence-electron chi connectivity index (χ1n) is 11.7. The highest BCUT2D eigenvalue weighted by Gasteiger charge is 2.25. The third-order valence-electron chi connectivity index (χ3n) is 6.50. The number of fused-ring (bicyclic) bond motifs is 1. The van der Waals surface area contributed by atoms with Crippen LogP contribution in [0.25, 0.3) is 16.9 Å². The quantitative estimate of drug-likeness (QED) is 0.474. The third-order valence-corrected chi connectivity index (χ3v) is 6.50. The Bertz CT molecular complexity index is 1260. The van der Waals surface area contributed by atoms with E-state index in [-0.39, 0.29) is 5.75 Å². The van der Waals surface area contributed by atoms with Crippen LogP contribution in [0.3, 0.4) is 0 Å². The van der Waals surface area contributed by atoms with Gasteiger partial charge < -0.3 is 25.1 Å². The minimum atomic E-state index is 0.287. The fourth-order valence-electron chi connectivity index (χ4n) is 4.63. The fourth-order valence-corrected chi connectivity index (χ4v) is 4.63. The summed E-state index contributed by atoms with van der Waals surface area (Å²) < 4.78 is 2.01. The zero-order valence-electron chi connectivity index (χ0n) is 18.9. The van der Waals surface area contributed by atoms with E-state index >= 15 is 0 Å². The summed E-state index contributed by atoms with van der Waals surface area (Å²) in [6.45, 7) is 6.99. The van der Waals surface area contributed by atoms with Crippen molar-refractivity contribution in [3.05, 3.63) is 55.1 Å². The normalized spacial score (nSPS) is 16.9. The maximum Gasteiger partial charge on any atom is 0.229 e. The SMILES string of the molecule is Oc1ccc(N2CCN(c3nc(N4CCNCC4)c4ncn(-c5ccncc5)c4n3)CC2)cc1. The Hall–Kier alpha value is -3.92. The molecule has 0 radical (unpaired) electrons. The summed E-state index contributed by atoms with van der Waals surface area (Å²) in [5, 5.41) is 13.0. The lowest BCUT2D eigenvalue weighted by atomic mass is 10.2. The summed E-state index contributed by atoms with van der Waals surface area (Å²) in [5.41, 5.74) is 3.73. The highest BCUT2D eigenvalue weighted by atomic mass is 16.3. The first-order chi connectivity index (χ1) is 16.8. The minimum absolute atomic E-state index is 0.287. The van der Waals surface area contributed by atoms with Gasteiger partial charge in [0.2, 0.25) is 5.95 Å². The maximum absolute atomic E-state index is 9.59. The van der Waals surface area contributed by atoms with Crippen molar-refractivity contribution in [2.24, 2.45) is 0 Å². The Kier molecular flexibility index (Phi) is 5.34. The molecule has 5 heterocycles. The van der Waals surface area contributed by atoms with E-state index in [0.717, 1.165) is 86.7 Å². The molecule has 0 unspecified atom stereocenters. The summed E-state index contributed by atoms with van der Waals surface area (Å²) in [5.74, 6) is 1.92. The molecule has 0 atom stereocenters. The molecule has 0 saturated carbocycles. The van der Waals surface area contributed by atoms with Crippen LogP contribution in [0.1, 0.15) is 0 Å². The number of aromatic hydroxyl groups is 1. The number of phenols is 1. The highest BCUT2D eigenvalue weighted by molar-refractivity contribution is 5.86. The van der Waals surface area contributed by atoms with Gasteiger partial charge in [-0.05, 0) is 36.4 Å². The molecule has 1 aromatic carbocycles. The molecule has 3 aromatic heterocycles. The number of benzene rings is 1. The second-order valence-corrected chi connectivity index (χ2v) is 8.57. The summed E-state index contributed by atoms with van der Waals surface area (Å²) >= 11 is 0.